The average Bonchev–Trinajstić information content (AvgIpc) is 2.18. The lowest BCUT2D eigenvalue weighted by molar-refractivity contribution is 1.29. The molecule has 2 aromatic carbocycles. The molecule has 0 fully saturated rings. The minimum absolute atomic E-state index is 0.840. The van der Waals surface area contributed by atoms with E-state index in [-0.39, 0.29) is 0 Å². The minimum Gasteiger partial charge on any atom is -0.398 e. The Hall–Kier alpha value is -1.76. The quantitative estimate of drug-likeness (QED) is 0.561. The van der Waals surface area contributed by atoms with Crippen LogP contribution in [-0.4, -0.2) is 0 Å². The van der Waals surface area contributed by atoms with E-state index in [1.807, 2.05) is 18.2 Å². The number of anilines is 1. The van der Waals surface area contributed by atoms with Gasteiger partial charge in [-0.2, -0.15) is 0 Å². The Balaban J connectivity index is 2.61. The van der Waals surface area contributed by atoms with Crippen LogP contribution in [0.25, 0.3) is 10.8 Å². The van der Waals surface area contributed by atoms with Crippen LogP contribution in [0.15, 0.2) is 49.1 Å². The number of hydrogen-bond donors (Lipinski definition) is 1. The molecule has 2 N–H and O–H groups in total. The zero-order valence-corrected chi connectivity index (χ0v) is 8.03. The van der Waals surface area contributed by atoms with E-state index in [9.17, 15) is 0 Å². The van der Waals surface area contributed by atoms with Crippen molar-refractivity contribution in [2.75, 3.05) is 5.73 Å². The van der Waals surface area contributed by atoms with Crippen LogP contribution in [0.2, 0.25) is 0 Å². The maximum absolute atomic E-state index is 5.86. The molecule has 0 aliphatic heterocycles. The molecule has 0 bridgehead atoms. The smallest absolute Gasteiger partial charge is 0.0393 e. The number of hydrogen-bond acceptors (Lipinski definition) is 1. The van der Waals surface area contributed by atoms with Crippen molar-refractivity contribution in [1.29, 1.82) is 0 Å². The molecule has 0 heterocycles. The topological polar surface area (TPSA) is 26.0 Å². The van der Waals surface area contributed by atoms with Gasteiger partial charge in [0.1, 0.15) is 0 Å². The Morgan fingerprint density at radius 1 is 1.21 bits per heavy atom. The predicted molar refractivity (Wildman–Crippen MR) is 62.3 cm³/mol. The molecule has 2 rings (SSSR count). The first-order valence-electron chi connectivity index (χ1n) is 4.69. The maximum Gasteiger partial charge on any atom is 0.0393 e. The maximum atomic E-state index is 5.86. The highest BCUT2D eigenvalue weighted by atomic mass is 14.5. The fraction of sp³-hybridized carbons (Fsp3) is 0.0769. The van der Waals surface area contributed by atoms with E-state index in [0.717, 1.165) is 17.5 Å². The molecular weight excluding hydrogens is 170 g/mol. The summed E-state index contributed by atoms with van der Waals surface area (Å²) >= 11 is 0. The largest absolute Gasteiger partial charge is 0.398 e. The van der Waals surface area contributed by atoms with E-state index in [1.165, 1.54) is 10.9 Å². The first-order chi connectivity index (χ1) is 6.81. The molecule has 2 aromatic rings. The van der Waals surface area contributed by atoms with Gasteiger partial charge in [0, 0.05) is 11.1 Å². The molecule has 0 aromatic heterocycles. The molecule has 0 atom stereocenters. The minimum atomic E-state index is 0.840. The average molecular weight is 183 g/mol. The van der Waals surface area contributed by atoms with Crippen molar-refractivity contribution in [1.82, 2.24) is 0 Å². The van der Waals surface area contributed by atoms with Gasteiger partial charge in [-0.3, -0.25) is 0 Å². The van der Waals surface area contributed by atoms with E-state index >= 15 is 0 Å². The van der Waals surface area contributed by atoms with E-state index < -0.39 is 0 Å². The second-order valence-corrected chi connectivity index (χ2v) is 3.40. The van der Waals surface area contributed by atoms with Gasteiger partial charge in [-0.1, -0.05) is 36.4 Å². The van der Waals surface area contributed by atoms with E-state index in [0.29, 0.717) is 0 Å². The molecule has 0 spiro atoms. The van der Waals surface area contributed by atoms with Gasteiger partial charge in [0.2, 0.25) is 0 Å². The molecular formula is C13H13N. The number of fused-ring (bicyclic) bond motifs is 1. The van der Waals surface area contributed by atoms with Crippen molar-refractivity contribution in [2.24, 2.45) is 0 Å². The summed E-state index contributed by atoms with van der Waals surface area (Å²) < 4.78 is 0. The van der Waals surface area contributed by atoms with Crippen LogP contribution < -0.4 is 5.73 Å². The third-order valence-corrected chi connectivity index (χ3v) is 2.36. The van der Waals surface area contributed by atoms with Crippen LogP contribution >= 0.6 is 0 Å². The third kappa shape index (κ3) is 1.49. The van der Waals surface area contributed by atoms with Crippen LogP contribution in [0.1, 0.15) is 5.56 Å². The monoisotopic (exact) mass is 183 g/mol. The molecule has 14 heavy (non-hydrogen) atoms. The summed E-state index contributed by atoms with van der Waals surface area (Å²) in [4.78, 5) is 0. The molecule has 0 amide bonds. The highest BCUT2D eigenvalue weighted by Gasteiger charge is 1.97. The van der Waals surface area contributed by atoms with Crippen LogP contribution in [0.4, 0.5) is 5.69 Å². The van der Waals surface area contributed by atoms with Crippen molar-refractivity contribution < 1.29 is 0 Å². The summed E-state index contributed by atoms with van der Waals surface area (Å²) in [6.45, 7) is 3.73. The first-order valence-corrected chi connectivity index (χ1v) is 4.69. The number of rotatable bonds is 2. The van der Waals surface area contributed by atoms with Crippen LogP contribution in [0.5, 0.6) is 0 Å². The zero-order valence-electron chi connectivity index (χ0n) is 8.03. The molecule has 0 aliphatic rings. The van der Waals surface area contributed by atoms with Gasteiger partial charge in [-0.15, -0.1) is 6.58 Å². The molecule has 1 heteroatoms. The SMILES string of the molecule is C=CCc1ccc2c(N)cccc2c1. The highest BCUT2D eigenvalue weighted by Crippen LogP contribution is 2.21. The molecule has 0 saturated heterocycles. The fourth-order valence-corrected chi connectivity index (χ4v) is 1.65. The van der Waals surface area contributed by atoms with Crippen LogP contribution in [-0.2, 0) is 6.42 Å². The lowest BCUT2D eigenvalue weighted by Gasteiger charge is -2.03. The molecule has 70 valence electrons. The van der Waals surface area contributed by atoms with Gasteiger partial charge in [-0.25, -0.2) is 0 Å². The summed E-state index contributed by atoms with van der Waals surface area (Å²) in [5.41, 5.74) is 7.98. The van der Waals surface area contributed by atoms with Crippen molar-refractivity contribution in [3.63, 3.8) is 0 Å². The molecule has 0 radical (unpaired) electrons. The molecule has 1 nitrogen and oxygen atoms in total. The normalized spacial score (nSPS) is 10.3. The summed E-state index contributed by atoms with van der Waals surface area (Å²) in [5.74, 6) is 0. The lowest BCUT2D eigenvalue weighted by atomic mass is 10.0. The van der Waals surface area contributed by atoms with Gasteiger partial charge < -0.3 is 5.73 Å². The van der Waals surface area contributed by atoms with Crippen LogP contribution in [0.3, 0.4) is 0 Å². The highest BCUT2D eigenvalue weighted by molar-refractivity contribution is 5.93. The Morgan fingerprint density at radius 3 is 2.86 bits per heavy atom. The van der Waals surface area contributed by atoms with E-state index in [2.05, 4.69) is 30.8 Å². The number of nitrogen functional groups attached to an aromatic ring is 1. The van der Waals surface area contributed by atoms with Crippen molar-refractivity contribution >= 4 is 16.5 Å². The van der Waals surface area contributed by atoms with Crippen molar-refractivity contribution in [3.8, 4) is 0 Å². The predicted octanol–water partition coefficient (Wildman–Crippen LogP) is 3.15. The van der Waals surface area contributed by atoms with Crippen molar-refractivity contribution in [3.05, 3.63) is 54.6 Å². The van der Waals surface area contributed by atoms with Crippen molar-refractivity contribution in [2.45, 2.75) is 6.42 Å². The van der Waals surface area contributed by atoms with Gasteiger partial charge in [-0.05, 0) is 23.4 Å². The molecule has 0 saturated carbocycles. The number of benzene rings is 2. The van der Waals surface area contributed by atoms with Crippen LogP contribution in [0, 0.1) is 0 Å². The second kappa shape index (κ2) is 3.54. The fourth-order valence-electron chi connectivity index (χ4n) is 1.65. The lowest BCUT2D eigenvalue weighted by Crippen LogP contribution is -1.87. The second-order valence-electron chi connectivity index (χ2n) is 3.40. The molecule has 0 aliphatic carbocycles. The third-order valence-electron chi connectivity index (χ3n) is 2.36. The van der Waals surface area contributed by atoms with Gasteiger partial charge >= 0.3 is 0 Å². The van der Waals surface area contributed by atoms with E-state index in [1.54, 1.807) is 0 Å². The summed E-state index contributed by atoms with van der Waals surface area (Å²) in [6.07, 6.45) is 2.82. The van der Waals surface area contributed by atoms with Gasteiger partial charge in [0.15, 0.2) is 0 Å². The van der Waals surface area contributed by atoms with Gasteiger partial charge in [0.25, 0.3) is 0 Å². The Bertz CT molecular complexity index is 472. The van der Waals surface area contributed by atoms with Gasteiger partial charge in [0.05, 0.1) is 0 Å². The Kier molecular flexibility index (Phi) is 2.23. The Labute approximate surface area is 83.9 Å². The first kappa shape index (κ1) is 8.82. The zero-order chi connectivity index (χ0) is 9.97. The summed E-state index contributed by atoms with van der Waals surface area (Å²) in [6, 6.07) is 12.3. The summed E-state index contributed by atoms with van der Waals surface area (Å²) in [7, 11) is 0. The van der Waals surface area contributed by atoms with E-state index in [4.69, 9.17) is 5.73 Å². The summed E-state index contributed by atoms with van der Waals surface area (Å²) in [5, 5.41) is 2.32. The Morgan fingerprint density at radius 2 is 2.07 bits per heavy atom. The number of allylic oxidation sites excluding steroid dienone is 1. The standard InChI is InChI=1S/C13H13N/c1-2-4-10-7-8-12-11(9-10)5-3-6-13(12)14/h2-3,5-9H,1,4,14H2. The molecule has 0 unspecified atom stereocenters. The number of nitrogens with two attached hydrogens (primary N) is 1.